The number of fused-ring (bicyclic) bond motifs is 6. The summed E-state index contributed by atoms with van der Waals surface area (Å²) < 4.78 is 6.42. The Balaban J connectivity index is 1.28. The molecule has 2 N–H and O–H groups in total. The lowest BCUT2D eigenvalue weighted by Gasteiger charge is -2.34. The highest BCUT2D eigenvalue weighted by atomic mass is 16.5. The third kappa shape index (κ3) is 7.06. The van der Waals surface area contributed by atoms with E-state index in [1.165, 1.54) is 0 Å². The summed E-state index contributed by atoms with van der Waals surface area (Å²) in [5, 5.41) is 2.14. The van der Waals surface area contributed by atoms with Crippen LogP contribution in [0.25, 0.3) is 44.2 Å². The lowest BCUT2D eigenvalue weighted by molar-refractivity contribution is -0.137. The van der Waals surface area contributed by atoms with E-state index in [1.54, 1.807) is 0 Å². The van der Waals surface area contributed by atoms with Gasteiger partial charge in [0.2, 0.25) is 11.8 Å². The molecule has 0 radical (unpaired) electrons. The summed E-state index contributed by atoms with van der Waals surface area (Å²) >= 11 is 0. The number of hydrogen-bond donors (Lipinski definition) is 2. The Kier molecular flexibility index (Phi) is 11.1. The van der Waals surface area contributed by atoms with Crippen molar-refractivity contribution >= 4 is 33.6 Å². The van der Waals surface area contributed by atoms with Gasteiger partial charge >= 0.3 is 0 Å². The zero-order valence-electron chi connectivity index (χ0n) is 32.5. The van der Waals surface area contributed by atoms with Crippen molar-refractivity contribution in [2.75, 3.05) is 0 Å². The maximum atomic E-state index is 13.4. The third-order valence-electron chi connectivity index (χ3n) is 11.3. The van der Waals surface area contributed by atoms with Gasteiger partial charge in [-0.3, -0.25) is 9.59 Å². The number of imidazole rings is 2. The van der Waals surface area contributed by atoms with Crippen molar-refractivity contribution < 1.29 is 14.3 Å². The van der Waals surface area contributed by atoms with Crippen molar-refractivity contribution in [1.29, 1.82) is 0 Å². The van der Waals surface area contributed by atoms with Gasteiger partial charge in [-0.25, -0.2) is 9.97 Å². The normalized spacial score (nSPS) is 15.3. The van der Waals surface area contributed by atoms with Gasteiger partial charge in [0.15, 0.2) is 0 Å². The number of carbonyl (C=O) groups excluding carboxylic acids is 2. The van der Waals surface area contributed by atoms with Crippen LogP contribution < -0.4 is 4.74 Å². The molecule has 6 rings (SSSR count). The molecule has 5 aromatic rings. The summed E-state index contributed by atoms with van der Waals surface area (Å²) in [5.74, 6) is 3.13. The van der Waals surface area contributed by atoms with Crippen LogP contribution in [0.2, 0.25) is 0 Å². The van der Waals surface area contributed by atoms with Gasteiger partial charge in [0.05, 0.1) is 35.0 Å². The summed E-state index contributed by atoms with van der Waals surface area (Å²) in [4.78, 5) is 47.4. The molecule has 276 valence electrons. The van der Waals surface area contributed by atoms with Crippen LogP contribution in [0, 0.1) is 5.92 Å². The number of rotatable bonds is 14. The number of ether oxygens (including phenoxy) is 1. The SMILES string of the molecule is CCCC(=O)N([C@@H](C)CC)[C@@H](C)c1nc2ccc3cc4c(cc3c2[nH]1)OCc1cc(-c2cnc([C@H](C)N(C(=O)C[C@@H](C)CC)[C@@H](C)CC)[nH]2)ccc1-4. The molecule has 52 heavy (non-hydrogen) atoms. The maximum Gasteiger partial charge on any atom is 0.223 e. The van der Waals surface area contributed by atoms with Gasteiger partial charge in [-0.1, -0.05) is 59.2 Å². The Morgan fingerprint density at radius 3 is 2.21 bits per heavy atom. The van der Waals surface area contributed by atoms with Crippen LogP contribution in [-0.4, -0.2) is 53.6 Å². The summed E-state index contributed by atoms with van der Waals surface area (Å²) in [5.41, 5.74) is 7.10. The average molecular weight is 705 g/mol. The van der Waals surface area contributed by atoms with E-state index in [0.29, 0.717) is 25.4 Å². The number of hydrogen-bond acceptors (Lipinski definition) is 5. The predicted octanol–water partition coefficient (Wildman–Crippen LogP) is 10.3. The molecular formula is C43H56N6O3. The summed E-state index contributed by atoms with van der Waals surface area (Å²) in [6.07, 6.45) is 6.53. The van der Waals surface area contributed by atoms with Crippen molar-refractivity contribution in [2.45, 2.75) is 132 Å². The molecule has 0 unspecified atom stereocenters. The molecule has 9 nitrogen and oxygen atoms in total. The van der Waals surface area contributed by atoms with Crippen LogP contribution in [0.3, 0.4) is 0 Å². The van der Waals surface area contributed by atoms with E-state index in [0.717, 1.165) is 92.8 Å². The van der Waals surface area contributed by atoms with Crippen molar-refractivity contribution in [3.63, 3.8) is 0 Å². The Morgan fingerprint density at radius 1 is 0.808 bits per heavy atom. The molecule has 0 fully saturated rings. The van der Waals surface area contributed by atoms with Crippen molar-refractivity contribution in [3.8, 4) is 28.1 Å². The summed E-state index contributed by atoms with van der Waals surface area (Å²) in [6.45, 7) is 19.4. The minimum atomic E-state index is -0.170. The number of aromatic nitrogens is 4. The number of nitrogens with one attached hydrogen (secondary N) is 2. The second-order valence-electron chi connectivity index (χ2n) is 14.9. The molecule has 0 spiro atoms. The molecule has 0 aliphatic carbocycles. The molecule has 1 aliphatic rings. The van der Waals surface area contributed by atoms with Crippen LogP contribution in [0.4, 0.5) is 0 Å². The Bertz CT molecular complexity index is 2060. The molecule has 1 aliphatic heterocycles. The number of carbonyl (C=O) groups is 2. The number of H-pyrrole nitrogens is 2. The van der Waals surface area contributed by atoms with Crippen LogP contribution in [0.15, 0.2) is 48.7 Å². The molecule has 2 amide bonds. The lowest BCUT2D eigenvalue weighted by atomic mass is 9.92. The first-order valence-corrected chi connectivity index (χ1v) is 19.4. The number of amides is 2. The molecule has 5 atom stereocenters. The van der Waals surface area contributed by atoms with Crippen LogP contribution in [-0.2, 0) is 16.2 Å². The van der Waals surface area contributed by atoms with Crippen molar-refractivity contribution in [2.24, 2.45) is 5.92 Å². The minimum absolute atomic E-state index is 0.119. The zero-order valence-corrected chi connectivity index (χ0v) is 32.5. The van der Waals surface area contributed by atoms with Gasteiger partial charge in [0.25, 0.3) is 0 Å². The topological polar surface area (TPSA) is 107 Å². The number of nitrogens with zero attached hydrogens (tertiary/aromatic N) is 4. The highest BCUT2D eigenvalue weighted by molar-refractivity contribution is 6.07. The first-order chi connectivity index (χ1) is 25.0. The second kappa shape index (κ2) is 15.5. The highest BCUT2D eigenvalue weighted by Crippen LogP contribution is 2.43. The molecule has 9 heteroatoms. The van der Waals surface area contributed by atoms with E-state index in [2.05, 4.69) is 108 Å². The van der Waals surface area contributed by atoms with E-state index in [9.17, 15) is 9.59 Å². The Hall–Kier alpha value is -4.66. The fourth-order valence-electron chi connectivity index (χ4n) is 7.61. The predicted molar refractivity (Wildman–Crippen MR) is 210 cm³/mol. The van der Waals surface area contributed by atoms with Crippen LogP contribution in [0.5, 0.6) is 5.75 Å². The van der Waals surface area contributed by atoms with Gasteiger partial charge in [0.1, 0.15) is 24.0 Å². The summed E-state index contributed by atoms with van der Waals surface area (Å²) in [6, 6.07) is 14.9. The molecule has 3 heterocycles. The van der Waals surface area contributed by atoms with E-state index in [-0.39, 0.29) is 36.0 Å². The van der Waals surface area contributed by atoms with Crippen LogP contribution in [0.1, 0.15) is 130 Å². The molecular weight excluding hydrogens is 649 g/mol. The lowest BCUT2D eigenvalue weighted by Crippen LogP contribution is -2.41. The fraction of sp³-hybridized carbons (Fsp3) is 0.488. The zero-order chi connectivity index (χ0) is 37.3. The monoisotopic (exact) mass is 704 g/mol. The fourth-order valence-corrected chi connectivity index (χ4v) is 7.61. The smallest absolute Gasteiger partial charge is 0.223 e. The van der Waals surface area contributed by atoms with Crippen LogP contribution >= 0.6 is 0 Å². The van der Waals surface area contributed by atoms with E-state index in [1.807, 2.05) is 22.9 Å². The van der Waals surface area contributed by atoms with E-state index >= 15 is 0 Å². The molecule has 0 saturated carbocycles. The first-order valence-electron chi connectivity index (χ1n) is 19.4. The van der Waals surface area contributed by atoms with E-state index < -0.39 is 0 Å². The first kappa shape index (κ1) is 37.1. The molecule has 3 aromatic carbocycles. The van der Waals surface area contributed by atoms with E-state index in [4.69, 9.17) is 14.7 Å². The van der Waals surface area contributed by atoms with Gasteiger partial charge < -0.3 is 24.5 Å². The quantitative estimate of drug-likeness (QED) is 0.120. The highest BCUT2D eigenvalue weighted by Gasteiger charge is 2.30. The molecule has 0 saturated heterocycles. The van der Waals surface area contributed by atoms with Crippen molar-refractivity contribution in [1.82, 2.24) is 29.7 Å². The summed E-state index contributed by atoms with van der Waals surface area (Å²) in [7, 11) is 0. The third-order valence-corrected chi connectivity index (χ3v) is 11.3. The van der Waals surface area contributed by atoms with Gasteiger partial charge in [-0.05, 0) is 99.2 Å². The molecule has 0 bridgehead atoms. The Labute approximate surface area is 308 Å². The average Bonchev–Trinajstić information content (AvgIpc) is 3.82. The number of benzene rings is 3. The minimum Gasteiger partial charge on any atom is -0.488 e. The number of aromatic amines is 2. The largest absolute Gasteiger partial charge is 0.488 e. The van der Waals surface area contributed by atoms with Crippen molar-refractivity contribution in [3.05, 3.63) is 65.9 Å². The Morgan fingerprint density at radius 2 is 1.52 bits per heavy atom. The van der Waals surface area contributed by atoms with Gasteiger partial charge in [-0.2, -0.15) is 0 Å². The standard InChI is InChI=1S/C43H56N6O3/c1-10-14-39(50)48(26(6)12-3)29(9)43-45-36-18-16-30-21-35-33-17-15-31(20-32(33)24-52-38(35)22-34(30)41(36)47-43)37-23-44-42(46-37)28(8)49(27(7)13-4)40(51)19-25(5)11-2/h15-18,20-23,25-29H,10-14,19,24H2,1-9H3,(H,44,46)(H,45,47)/t25-,26-,27-,28-,29-/m0/s1. The van der Waals surface area contributed by atoms with Gasteiger partial charge in [0, 0.05) is 35.9 Å². The maximum absolute atomic E-state index is 13.4. The second-order valence-corrected chi connectivity index (χ2v) is 14.9. The molecule has 2 aromatic heterocycles. The van der Waals surface area contributed by atoms with Gasteiger partial charge in [-0.15, -0.1) is 0 Å².